The third kappa shape index (κ3) is 4.41. The lowest BCUT2D eigenvalue weighted by Gasteiger charge is -2.32. The Bertz CT molecular complexity index is 386. The summed E-state index contributed by atoms with van der Waals surface area (Å²) in [7, 11) is 4.09. The van der Waals surface area contributed by atoms with Crippen LogP contribution in [0.1, 0.15) is 18.4 Å². The van der Waals surface area contributed by atoms with E-state index in [1.54, 1.807) is 0 Å². The lowest BCUT2D eigenvalue weighted by atomic mass is 9.97. The molecule has 3 nitrogen and oxygen atoms in total. The number of thioether (sulfide) groups is 1. The fourth-order valence-electron chi connectivity index (χ4n) is 2.28. The number of nitrogens with zero attached hydrogens (tertiary/aromatic N) is 1. The van der Waals surface area contributed by atoms with Crippen LogP contribution in [0.5, 0.6) is 0 Å². The molecule has 2 N–H and O–H groups in total. The van der Waals surface area contributed by atoms with Crippen LogP contribution in [0, 0.1) is 0 Å². The van der Waals surface area contributed by atoms with Crippen molar-refractivity contribution in [2.75, 3.05) is 37.0 Å². The third-order valence-corrected chi connectivity index (χ3v) is 4.65. The first-order valence-electron chi connectivity index (χ1n) is 6.86. The summed E-state index contributed by atoms with van der Waals surface area (Å²) >= 11 is 1.94. The predicted molar refractivity (Wildman–Crippen MR) is 84.0 cm³/mol. The predicted octanol–water partition coefficient (Wildman–Crippen LogP) is 2.10. The average molecular weight is 280 g/mol. The van der Waals surface area contributed by atoms with E-state index in [0.717, 1.165) is 30.9 Å². The highest BCUT2D eigenvalue weighted by atomic mass is 32.2. The zero-order valence-electron chi connectivity index (χ0n) is 11.9. The monoisotopic (exact) mass is 280 g/mol. The van der Waals surface area contributed by atoms with Crippen LogP contribution in [-0.2, 0) is 6.54 Å². The van der Waals surface area contributed by atoms with Gasteiger partial charge in [-0.05, 0) is 42.0 Å². The second-order valence-corrected chi connectivity index (χ2v) is 6.73. The topological polar surface area (TPSA) is 35.5 Å². The van der Waals surface area contributed by atoms with Gasteiger partial charge in [-0.3, -0.25) is 0 Å². The standard InChI is InChI=1S/C15H24N2OS/c1-17(2)14-5-3-13(4-6-14)11-16-12-15(18)7-9-19-10-8-15/h3-6,16,18H,7-12H2,1-2H3. The Hall–Kier alpha value is -0.710. The smallest absolute Gasteiger partial charge is 0.0787 e. The van der Waals surface area contributed by atoms with Crippen molar-refractivity contribution in [3.05, 3.63) is 29.8 Å². The molecule has 2 rings (SSSR count). The van der Waals surface area contributed by atoms with Crippen LogP contribution >= 0.6 is 11.8 Å². The minimum atomic E-state index is -0.491. The van der Waals surface area contributed by atoms with E-state index in [0.29, 0.717) is 6.54 Å². The molecule has 0 aromatic heterocycles. The Morgan fingerprint density at radius 1 is 1.21 bits per heavy atom. The number of benzene rings is 1. The Balaban J connectivity index is 1.79. The van der Waals surface area contributed by atoms with Crippen molar-refractivity contribution in [3.63, 3.8) is 0 Å². The molecule has 1 saturated heterocycles. The van der Waals surface area contributed by atoms with Crippen LogP contribution in [0.2, 0.25) is 0 Å². The Morgan fingerprint density at radius 3 is 2.42 bits per heavy atom. The van der Waals surface area contributed by atoms with E-state index in [4.69, 9.17) is 0 Å². The molecular formula is C15H24N2OS. The van der Waals surface area contributed by atoms with E-state index >= 15 is 0 Å². The van der Waals surface area contributed by atoms with Gasteiger partial charge in [-0.1, -0.05) is 12.1 Å². The minimum Gasteiger partial charge on any atom is -0.389 e. The summed E-state index contributed by atoms with van der Waals surface area (Å²) in [6.45, 7) is 1.52. The van der Waals surface area contributed by atoms with Gasteiger partial charge in [0.25, 0.3) is 0 Å². The van der Waals surface area contributed by atoms with Gasteiger partial charge in [-0.15, -0.1) is 0 Å². The fourth-order valence-corrected chi connectivity index (χ4v) is 3.53. The van der Waals surface area contributed by atoms with Crippen LogP contribution in [-0.4, -0.2) is 42.9 Å². The number of nitrogens with one attached hydrogen (secondary N) is 1. The number of rotatable bonds is 5. The fraction of sp³-hybridized carbons (Fsp3) is 0.600. The first-order chi connectivity index (χ1) is 9.09. The van der Waals surface area contributed by atoms with Crippen LogP contribution in [0.15, 0.2) is 24.3 Å². The van der Waals surface area contributed by atoms with E-state index in [-0.39, 0.29) is 0 Å². The molecule has 1 aromatic rings. The van der Waals surface area contributed by atoms with Gasteiger partial charge in [0.15, 0.2) is 0 Å². The van der Waals surface area contributed by atoms with Gasteiger partial charge < -0.3 is 15.3 Å². The Labute approximate surface area is 120 Å². The van der Waals surface area contributed by atoms with E-state index in [9.17, 15) is 5.11 Å². The minimum absolute atomic E-state index is 0.491. The second kappa shape index (κ2) is 6.64. The van der Waals surface area contributed by atoms with E-state index in [2.05, 4.69) is 34.5 Å². The molecule has 0 spiro atoms. The molecule has 1 aromatic carbocycles. The maximum atomic E-state index is 10.4. The van der Waals surface area contributed by atoms with E-state index in [1.807, 2.05) is 25.9 Å². The van der Waals surface area contributed by atoms with Crippen LogP contribution in [0.25, 0.3) is 0 Å². The van der Waals surface area contributed by atoms with E-state index < -0.39 is 5.60 Å². The molecule has 1 aliphatic rings. The first-order valence-corrected chi connectivity index (χ1v) is 8.02. The molecule has 19 heavy (non-hydrogen) atoms. The SMILES string of the molecule is CN(C)c1ccc(CNCC2(O)CCSCC2)cc1. The maximum absolute atomic E-state index is 10.4. The van der Waals surface area contributed by atoms with Crippen LogP contribution in [0.4, 0.5) is 5.69 Å². The van der Waals surface area contributed by atoms with Crippen molar-refractivity contribution in [1.29, 1.82) is 0 Å². The lowest BCUT2D eigenvalue weighted by molar-refractivity contribution is 0.0320. The molecule has 1 aliphatic heterocycles. The molecule has 0 bridgehead atoms. The average Bonchev–Trinajstić information content (AvgIpc) is 2.40. The summed E-state index contributed by atoms with van der Waals surface area (Å²) in [6, 6.07) is 8.54. The lowest BCUT2D eigenvalue weighted by Crippen LogP contribution is -2.43. The summed E-state index contributed by atoms with van der Waals surface area (Å²) in [5, 5.41) is 13.8. The van der Waals surface area contributed by atoms with Crippen molar-refractivity contribution in [1.82, 2.24) is 5.32 Å². The van der Waals surface area contributed by atoms with Gasteiger partial charge in [-0.2, -0.15) is 11.8 Å². The molecule has 1 fully saturated rings. The zero-order valence-corrected chi connectivity index (χ0v) is 12.7. The van der Waals surface area contributed by atoms with E-state index in [1.165, 1.54) is 11.3 Å². The zero-order chi connectivity index (χ0) is 13.7. The third-order valence-electron chi connectivity index (χ3n) is 3.66. The highest BCUT2D eigenvalue weighted by molar-refractivity contribution is 7.99. The highest BCUT2D eigenvalue weighted by Crippen LogP contribution is 2.26. The van der Waals surface area contributed by atoms with Gasteiger partial charge in [-0.25, -0.2) is 0 Å². The van der Waals surface area contributed by atoms with Gasteiger partial charge in [0, 0.05) is 32.9 Å². The summed E-state index contributed by atoms with van der Waals surface area (Å²) in [5.41, 5.74) is 1.99. The Morgan fingerprint density at radius 2 is 1.84 bits per heavy atom. The molecule has 0 atom stereocenters. The van der Waals surface area contributed by atoms with Crippen molar-refractivity contribution >= 4 is 17.4 Å². The normalized spacial score (nSPS) is 18.3. The second-order valence-electron chi connectivity index (χ2n) is 5.50. The summed E-state index contributed by atoms with van der Waals surface area (Å²) in [5.74, 6) is 2.16. The van der Waals surface area contributed by atoms with Gasteiger partial charge in [0.2, 0.25) is 0 Å². The summed E-state index contributed by atoms with van der Waals surface area (Å²) < 4.78 is 0. The summed E-state index contributed by atoms with van der Waals surface area (Å²) in [4.78, 5) is 2.10. The van der Waals surface area contributed by atoms with Crippen molar-refractivity contribution in [2.24, 2.45) is 0 Å². The molecule has 0 unspecified atom stereocenters. The molecule has 0 amide bonds. The molecule has 106 valence electrons. The summed E-state index contributed by atoms with van der Waals surface area (Å²) in [6.07, 6.45) is 1.81. The molecule has 0 radical (unpaired) electrons. The number of anilines is 1. The molecule has 0 saturated carbocycles. The van der Waals surface area contributed by atoms with Crippen molar-refractivity contribution in [3.8, 4) is 0 Å². The quantitative estimate of drug-likeness (QED) is 0.866. The number of aliphatic hydroxyl groups is 1. The van der Waals surface area contributed by atoms with Crippen molar-refractivity contribution in [2.45, 2.75) is 25.0 Å². The number of hydrogen-bond acceptors (Lipinski definition) is 4. The molecule has 0 aliphatic carbocycles. The van der Waals surface area contributed by atoms with Crippen LogP contribution in [0.3, 0.4) is 0 Å². The highest BCUT2D eigenvalue weighted by Gasteiger charge is 2.28. The first kappa shape index (κ1) is 14.7. The van der Waals surface area contributed by atoms with Gasteiger partial charge >= 0.3 is 0 Å². The molecule has 1 heterocycles. The molecule has 4 heteroatoms. The Kier molecular flexibility index (Phi) is 5.13. The maximum Gasteiger partial charge on any atom is 0.0787 e. The largest absolute Gasteiger partial charge is 0.389 e. The van der Waals surface area contributed by atoms with Crippen LogP contribution < -0.4 is 10.2 Å². The van der Waals surface area contributed by atoms with Gasteiger partial charge in [0.05, 0.1) is 5.60 Å². The molecular weight excluding hydrogens is 256 g/mol. The van der Waals surface area contributed by atoms with Crippen molar-refractivity contribution < 1.29 is 5.11 Å². The number of hydrogen-bond donors (Lipinski definition) is 2. The van der Waals surface area contributed by atoms with Gasteiger partial charge in [0.1, 0.15) is 0 Å².